The Morgan fingerprint density at radius 2 is 1.82 bits per heavy atom. The van der Waals surface area contributed by atoms with Crippen LogP contribution in [0.3, 0.4) is 0 Å². The van der Waals surface area contributed by atoms with Crippen LogP contribution in [0.25, 0.3) is 16.5 Å². The number of nitriles is 1. The van der Waals surface area contributed by atoms with E-state index in [1.165, 1.54) is 31.4 Å². The highest BCUT2D eigenvalue weighted by Crippen LogP contribution is 2.41. The highest BCUT2D eigenvalue weighted by Gasteiger charge is 2.27. The SMILES string of the molecule is C=[N+]=CC(=O)C(Oc1cc2c(C(=C)c3ccc(C#N)cc3)c(N(C)C)cnc2cc1OC)c1ccc(F)cc1. The lowest BCUT2D eigenvalue weighted by Gasteiger charge is -2.22. The fourth-order valence-corrected chi connectivity index (χ4v) is 4.20. The van der Waals surface area contributed by atoms with E-state index in [4.69, 9.17) is 9.47 Å². The zero-order valence-electron chi connectivity index (χ0n) is 21.8. The number of nitrogens with zero attached hydrogens (tertiary/aromatic N) is 4. The molecule has 0 amide bonds. The molecule has 1 atom stereocenters. The van der Waals surface area contributed by atoms with Gasteiger partial charge in [0.05, 0.1) is 36.1 Å². The third-order valence-corrected chi connectivity index (χ3v) is 6.17. The standard InChI is InChI=1S/C31H26FN4O3/c1-19(21-8-6-20(16-33)7-9-21)30-24-14-29(28(38-5)15-25(24)35-17-26(30)36(3)4)39-31(27(37)18-34-2)22-10-12-23(32)13-11-22/h6-15,17-18,31H,1-2H2,3-5H3/q+1. The zero-order chi connectivity index (χ0) is 28.1. The fourth-order valence-electron chi connectivity index (χ4n) is 4.20. The summed E-state index contributed by atoms with van der Waals surface area (Å²) in [7, 11) is 5.30. The predicted octanol–water partition coefficient (Wildman–Crippen LogP) is 4.91. The van der Waals surface area contributed by atoms with Crippen LogP contribution in [-0.2, 0) is 4.79 Å². The van der Waals surface area contributed by atoms with Crippen molar-refractivity contribution in [3.8, 4) is 17.6 Å². The molecule has 1 heterocycles. The summed E-state index contributed by atoms with van der Waals surface area (Å²) in [5, 5.41) is 9.91. The number of benzene rings is 3. The third kappa shape index (κ3) is 5.54. The van der Waals surface area contributed by atoms with Crippen molar-refractivity contribution in [2.24, 2.45) is 0 Å². The third-order valence-electron chi connectivity index (χ3n) is 6.17. The number of Topliss-reactive ketones (excluding diaryl/α,β-unsaturated/α-hetero) is 1. The van der Waals surface area contributed by atoms with Crippen LogP contribution in [0.1, 0.15) is 28.4 Å². The Hall–Kier alpha value is -5.25. The van der Waals surface area contributed by atoms with Crippen LogP contribution in [0.2, 0.25) is 0 Å². The van der Waals surface area contributed by atoms with Crippen LogP contribution in [0.15, 0.2) is 73.4 Å². The van der Waals surface area contributed by atoms with Crippen LogP contribution in [0.4, 0.5) is 10.1 Å². The summed E-state index contributed by atoms with van der Waals surface area (Å²) in [4.78, 5) is 19.5. The lowest BCUT2D eigenvalue weighted by Crippen LogP contribution is -2.21. The number of carbonyl (C=O) groups excluding carboxylic acids is 1. The maximum atomic E-state index is 13.6. The van der Waals surface area contributed by atoms with Gasteiger partial charge in [-0.15, -0.1) is 4.67 Å². The van der Waals surface area contributed by atoms with Gasteiger partial charge >= 0.3 is 6.21 Å². The van der Waals surface area contributed by atoms with Crippen LogP contribution in [0.5, 0.6) is 11.5 Å². The average Bonchev–Trinajstić information content (AvgIpc) is 2.95. The molecule has 1 aromatic heterocycles. The smallest absolute Gasteiger partial charge is 0.338 e. The summed E-state index contributed by atoms with van der Waals surface area (Å²) in [6.45, 7) is 7.72. The topological polar surface area (TPSA) is 89.5 Å². The van der Waals surface area contributed by atoms with Gasteiger partial charge in [-0.05, 0) is 41.5 Å². The van der Waals surface area contributed by atoms with Crippen LogP contribution in [0, 0.1) is 17.1 Å². The normalized spacial score (nSPS) is 11.2. The van der Waals surface area contributed by atoms with E-state index in [0.29, 0.717) is 33.4 Å². The molecule has 0 aliphatic rings. The summed E-state index contributed by atoms with van der Waals surface area (Å²) >= 11 is 0. The monoisotopic (exact) mass is 521 g/mol. The van der Waals surface area contributed by atoms with Gasteiger partial charge in [0.2, 0.25) is 0 Å². The van der Waals surface area contributed by atoms with Crippen molar-refractivity contribution >= 4 is 40.9 Å². The molecule has 4 rings (SSSR count). The van der Waals surface area contributed by atoms with Crippen molar-refractivity contribution < 1.29 is 18.7 Å². The Kier molecular flexibility index (Phi) is 7.85. The van der Waals surface area contributed by atoms with Gasteiger partial charge < -0.3 is 14.4 Å². The quantitative estimate of drug-likeness (QED) is 0.230. The van der Waals surface area contributed by atoms with E-state index < -0.39 is 17.7 Å². The number of ketones is 1. The summed E-state index contributed by atoms with van der Waals surface area (Å²) < 4.78 is 29.0. The molecule has 0 aliphatic heterocycles. The number of carbonyl (C=O) groups is 1. The lowest BCUT2D eigenvalue weighted by atomic mass is 9.94. The number of fused-ring (bicyclic) bond motifs is 1. The highest BCUT2D eigenvalue weighted by molar-refractivity contribution is 6.29. The van der Waals surface area contributed by atoms with E-state index in [9.17, 15) is 14.4 Å². The molecule has 8 heteroatoms. The molecule has 39 heavy (non-hydrogen) atoms. The molecule has 1 unspecified atom stereocenters. The molecule has 0 radical (unpaired) electrons. The van der Waals surface area contributed by atoms with Gasteiger partial charge in [-0.3, -0.25) is 9.78 Å². The fraction of sp³-hybridized carbons (Fsp3) is 0.129. The molecular formula is C31H26FN4O3+. The minimum Gasteiger partial charge on any atom is -0.493 e. The van der Waals surface area contributed by atoms with Gasteiger partial charge in [0, 0.05) is 36.7 Å². The summed E-state index contributed by atoms with van der Waals surface area (Å²) in [5.41, 5.74) is 4.75. The van der Waals surface area contributed by atoms with Gasteiger partial charge in [0.25, 0.3) is 12.5 Å². The van der Waals surface area contributed by atoms with E-state index in [1.54, 1.807) is 30.5 Å². The van der Waals surface area contributed by atoms with Gasteiger partial charge in [-0.1, -0.05) is 30.8 Å². The average molecular weight is 522 g/mol. The van der Waals surface area contributed by atoms with E-state index in [-0.39, 0.29) is 5.75 Å². The predicted molar refractivity (Wildman–Crippen MR) is 152 cm³/mol. The molecule has 4 aromatic rings. The molecule has 0 N–H and O–H groups in total. The van der Waals surface area contributed by atoms with Gasteiger partial charge in [-0.2, -0.15) is 5.26 Å². The maximum Gasteiger partial charge on any atom is 0.338 e. The lowest BCUT2D eigenvalue weighted by molar-refractivity contribution is -0.119. The number of hydrogen-bond acceptors (Lipinski definition) is 6. The molecule has 3 aromatic carbocycles. The second kappa shape index (κ2) is 11.4. The summed E-state index contributed by atoms with van der Waals surface area (Å²) in [6, 6.07) is 18.2. The first-order chi connectivity index (χ1) is 18.8. The number of halogens is 1. The Balaban J connectivity index is 1.91. The molecule has 194 valence electrons. The van der Waals surface area contributed by atoms with Crippen molar-refractivity contribution in [3.63, 3.8) is 0 Å². The second-order valence-corrected chi connectivity index (χ2v) is 8.86. The first-order valence-corrected chi connectivity index (χ1v) is 11.9. The van der Waals surface area contributed by atoms with Gasteiger partial charge in [0.1, 0.15) is 5.82 Å². The van der Waals surface area contributed by atoms with Crippen molar-refractivity contribution in [1.82, 2.24) is 9.65 Å². The molecule has 0 bridgehead atoms. The Bertz CT molecular complexity index is 1650. The zero-order valence-corrected chi connectivity index (χ0v) is 21.8. The minimum atomic E-state index is -1.13. The molecular weight excluding hydrogens is 495 g/mol. The Labute approximate surface area is 225 Å². The number of ether oxygens (including phenoxy) is 2. The summed E-state index contributed by atoms with van der Waals surface area (Å²) in [6.07, 6.45) is 1.69. The molecule has 0 spiro atoms. The molecule has 0 aliphatic carbocycles. The highest BCUT2D eigenvalue weighted by atomic mass is 19.1. The number of anilines is 1. The van der Waals surface area contributed by atoms with E-state index in [0.717, 1.165) is 23.0 Å². The molecule has 7 nitrogen and oxygen atoms in total. The summed E-state index contributed by atoms with van der Waals surface area (Å²) in [5.74, 6) is -0.279. The number of rotatable bonds is 9. The van der Waals surface area contributed by atoms with Gasteiger partial charge in [-0.25, -0.2) is 4.39 Å². The van der Waals surface area contributed by atoms with Gasteiger partial charge in [0.15, 0.2) is 17.6 Å². The van der Waals surface area contributed by atoms with Crippen LogP contribution < -0.4 is 19.0 Å². The largest absolute Gasteiger partial charge is 0.493 e. The number of hydrogen-bond donors (Lipinski definition) is 0. The van der Waals surface area contributed by atoms with Crippen LogP contribution in [-0.4, -0.2) is 44.9 Å². The second-order valence-electron chi connectivity index (χ2n) is 8.86. The Morgan fingerprint density at radius 3 is 2.41 bits per heavy atom. The number of aromatic nitrogens is 1. The minimum absolute atomic E-state index is 0.275. The van der Waals surface area contributed by atoms with Crippen molar-refractivity contribution in [2.45, 2.75) is 6.10 Å². The first kappa shape index (κ1) is 26.8. The molecule has 0 saturated heterocycles. The first-order valence-electron chi connectivity index (χ1n) is 11.9. The van der Waals surface area contributed by atoms with E-state index >= 15 is 0 Å². The molecule has 0 fully saturated rings. The Morgan fingerprint density at radius 1 is 1.13 bits per heavy atom. The van der Waals surface area contributed by atoms with Crippen LogP contribution >= 0.6 is 0 Å². The van der Waals surface area contributed by atoms with E-state index in [2.05, 4.69) is 29.0 Å². The number of pyridine rings is 1. The maximum absolute atomic E-state index is 13.6. The number of methoxy groups -OCH3 is 1. The molecule has 0 saturated carbocycles. The van der Waals surface area contributed by atoms with Crippen molar-refractivity contribution in [2.75, 3.05) is 26.1 Å². The van der Waals surface area contributed by atoms with Crippen molar-refractivity contribution in [1.29, 1.82) is 5.26 Å². The van der Waals surface area contributed by atoms with Crippen molar-refractivity contribution in [3.05, 3.63) is 102 Å². The van der Waals surface area contributed by atoms with E-state index in [1.807, 2.05) is 31.1 Å².